The Morgan fingerprint density at radius 2 is 1.93 bits per heavy atom. The zero-order chi connectivity index (χ0) is 11.7. The highest BCUT2D eigenvalue weighted by Gasteiger charge is 2.06. The molecule has 2 N–H and O–H groups in total. The van der Waals surface area contributed by atoms with Gasteiger partial charge in [0.2, 0.25) is 5.91 Å². The number of rotatable bonds is 7. The predicted molar refractivity (Wildman–Crippen MR) is 48.1 cm³/mol. The molecular weight excluding hydrogens is 206 g/mol. The molecule has 0 heterocycles. The van der Waals surface area contributed by atoms with E-state index < -0.39 is 31.1 Å². The van der Waals surface area contributed by atoms with Crippen LogP contribution in [0.3, 0.4) is 0 Å². The van der Waals surface area contributed by atoms with Gasteiger partial charge in [0.05, 0.1) is 6.61 Å². The highest BCUT2D eigenvalue weighted by Crippen LogP contribution is 1.78. The Morgan fingerprint density at radius 1 is 1.27 bits per heavy atom. The molecule has 0 spiro atoms. The molecule has 0 unspecified atom stereocenters. The van der Waals surface area contributed by atoms with Crippen LogP contribution in [0.5, 0.6) is 0 Å². The van der Waals surface area contributed by atoms with E-state index in [4.69, 9.17) is 5.11 Å². The molecule has 1 amide bonds. The van der Waals surface area contributed by atoms with Gasteiger partial charge in [-0.1, -0.05) is 0 Å². The van der Waals surface area contributed by atoms with Crippen molar-refractivity contribution < 1.29 is 29.0 Å². The molecule has 0 aromatic rings. The van der Waals surface area contributed by atoms with Gasteiger partial charge in [-0.2, -0.15) is 0 Å². The van der Waals surface area contributed by atoms with E-state index in [1.807, 2.05) is 0 Å². The molecule has 0 aliphatic carbocycles. The first kappa shape index (κ1) is 13.4. The Bertz CT molecular complexity index is 239. The van der Waals surface area contributed by atoms with Crippen molar-refractivity contribution in [2.75, 3.05) is 26.4 Å². The summed E-state index contributed by atoms with van der Waals surface area (Å²) in [4.78, 5) is 31.7. The lowest BCUT2D eigenvalue weighted by atomic mass is 10.5. The van der Waals surface area contributed by atoms with Crippen LogP contribution in [-0.4, -0.2) is 49.3 Å². The number of aliphatic carboxylic acids is 1. The van der Waals surface area contributed by atoms with E-state index in [1.54, 1.807) is 6.92 Å². The SMILES string of the molecule is CCOC(=O)CNC(=O)COCC(=O)O. The standard InChI is InChI=1S/C8H13NO6/c1-2-15-8(13)3-9-6(10)4-14-5-7(11)12/h2-5H2,1H3,(H,9,10)(H,11,12). The Morgan fingerprint density at radius 3 is 2.47 bits per heavy atom. The first-order valence-corrected chi connectivity index (χ1v) is 4.28. The molecule has 0 aliphatic heterocycles. The Labute approximate surface area is 86.3 Å². The van der Waals surface area contributed by atoms with Crippen molar-refractivity contribution in [3.8, 4) is 0 Å². The van der Waals surface area contributed by atoms with Crippen LogP contribution < -0.4 is 5.32 Å². The zero-order valence-corrected chi connectivity index (χ0v) is 8.32. The van der Waals surface area contributed by atoms with Gasteiger partial charge in [0.15, 0.2) is 0 Å². The third-order valence-corrected chi connectivity index (χ3v) is 1.19. The summed E-state index contributed by atoms with van der Waals surface area (Å²) in [6.45, 7) is 0.696. The molecule has 0 saturated carbocycles. The Balaban J connectivity index is 3.49. The van der Waals surface area contributed by atoms with Gasteiger partial charge in [-0.3, -0.25) is 9.59 Å². The van der Waals surface area contributed by atoms with Crippen molar-refractivity contribution in [1.82, 2.24) is 5.32 Å². The van der Waals surface area contributed by atoms with Gasteiger partial charge in [0.25, 0.3) is 0 Å². The van der Waals surface area contributed by atoms with E-state index in [1.165, 1.54) is 0 Å². The van der Waals surface area contributed by atoms with E-state index in [-0.39, 0.29) is 13.2 Å². The number of hydrogen-bond donors (Lipinski definition) is 2. The number of amides is 1. The average Bonchev–Trinajstić information content (AvgIpc) is 2.14. The number of carboxylic acids is 1. The maximum atomic E-state index is 10.9. The summed E-state index contributed by atoms with van der Waals surface area (Å²) in [7, 11) is 0. The Kier molecular flexibility index (Phi) is 6.90. The largest absolute Gasteiger partial charge is 0.480 e. The molecule has 0 aromatic heterocycles. The van der Waals surface area contributed by atoms with Gasteiger partial charge in [0.1, 0.15) is 19.8 Å². The normalized spacial score (nSPS) is 9.40. The van der Waals surface area contributed by atoms with Gasteiger partial charge in [-0.25, -0.2) is 4.79 Å². The maximum Gasteiger partial charge on any atom is 0.329 e. The first-order chi connectivity index (χ1) is 7.06. The molecule has 0 rings (SSSR count). The quantitative estimate of drug-likeness (QED) is 0.519. The fourth-order valence-electron chi connectivity index (χ4n) is 0.665. The molecule has 15 heavy (non-hydrogen) atoms. The zero-order valence-electron chi connectivity index (χ0n) is 8.32. The van der Waals surface area contributed by atoms with Crippen molar-refractivity contribution >= 4 is 17.8 Å². The van der Waals surface area contributed by atoms with E-state index in [0.29, 0.717) is 0 Å². The van der Waals surface area contributed by atoms with Crippen molar-refractivity contribution in [3.05, 3.63) is 0 Å². The van der Waals surface area contributed by atoms with Crippen LogP contribution in [0, 0.1) is 0 Å². The van der Waals surface area contributed by atoms with E-state index in [2.05, 4.69) is 14.8 Å². The van der Waals surface area contributed by atoms with Gasteiger partial charge < -0.3 is 19.9 Å². The number of ether oxygens (including phenoxy) is 2. The van der Waals surface area contributed by atoms with E-state index in [0.717, 1.165) is 0 Å². The fourth-order valence-corrected chi connectivity index (χ4v) is 0.665. The number of esters is 1. The van der Waals surface area contributed by atoms with Crippen LogP contribution >= 0.6 is 0 Å². The van der Waals surface area contributed by atoms with E-state index >= 15 is 0 Å². The molecule has 0 radical (unpaired) electrons. The minimum atomic E-state index is -1.16. The van der Waals surface area contributed by atoms with Crippen molar-refractivity contribution in [1.29, 1.82) is 0 Å². The average molecular weight is 219 g/mol. The highest BCUT2D eigenvalue weighted by molar-refractivity contribution is 5.82. The molecular formula is C8H13NO6. The fraction of sp³-hybridized carbons (Fsp3) is 0.625. The third kappa shape index (κ3) is 8.69. The second kappa shape index (κ2) is 7.74. The van der Waals surface area contributed by atoms with Crippen molar-refractivity contribution in [3.63, 3.8) is 0 Å². The smallest absolute Gasteiger partial charge is 0.329 e. The van der Waals surface area contributed by atoms with Gasteiger partial charge in [-0.15, -0.1) is 0 Å². The summed E-state index contributed by atoms with van der Waals surface area (Å²) >= 11 is 0. The number of carbonyl (C=O) groups is 3. The van der Waals surface area contributed by atoms with Crippen LogP contribution in [0.2, 0.25) is 0 Å². The van der Waals surface area contributed by atoms with Crippen LogP contribution in [0.15, 0.2) is 0 Å². The summed E-state index contributed by atoms with van der Waals surface area (Å²) in [6.07, 6.45) is 0. The maximum absolute atomic E-state index is 10.9. The molecule has 0 aromatic carbocycles. The van der Waals surface area contributed by atoms with Crippen molar-refractivity contribution in [2.45, 2.75) is 6.92 Å². The number of nitrogens with one attached hydrogen (secondary N) is 1. The summed E-state index contributed by atoms with van der Waals surface area (Å²) in [5.74, 6) is -2.28. The first-order valence-electron chi connectivity index (χ1n) is 4.28. The minimum Gasteiger partial charge on any atom is -0.480 e. The number of carboxylic acid groups (broad SMARTS) is 1. The lowest BCUT2D eigenvalue weighted by Crippen LogP contribution is -2.33. The molecule has 0 saturated heterocycles. The van der Waals surface area contributed by atoms with Crippen LogP contribution in [0.1, 0.15) is 6.92 Å². The molecule has 7 nitrogen and oxygen atoms in total. The second-order valence-corrected chi connectivity index (χ2v) is 2.47. The van der Waals surface area contributed by atoms with Crippen LogP contribution in [0.4, 0.5) is 0 Å². The predicted octanol–water partition coefficient (Wildman–Crippen LogP) is -1.23. The van der Waals surface area contributed by atoms with Crippen LogP contribution in [-0.2, 0) is 23.9 Å². The molecule has 86 valence electrons. The lowest BCUT2D eigenvalue weighted by molar-refractivity contribution is -0.146. The van der Waals surface area contributed by atoms with Gasteiger partial charge in [0, 0.05) is 0 Å². The van der Waals surface area contributed by atoms with Crippen LogP contribution in [0.25, 0.3) is 0 Å². The topological polar surface area (TPSA) is 102 Å². The Hall–Kier alpha value is -1.63. The molecule has 0 aliphatic rings. The summed E-state index contributed by atoms with van der Waals surface area (Å²) in [5, 5.41) is 10.4. The minimum absolute atomic E-state index is 0.240. The van der Waals surface area contributed by atoms with E-state index in [9.17, 15) is 14.4 Å². The molecule has 7 heteroatoms. The monoisotopic (exact) mass is 219 g/mol. The second-order valence-electron chi connectivity index (χ2n) is 2.47. The highest BCUT2D eigenvalue weighted by atomic mass is 16.5. The summed E-state index contributed by atoms with van der Waals surface area (Å²) < 4.78 is 9.03. The van der Waals surface area contributed by atoms with Crippen molar-refractivity contribution in [2.24, 2.45) is 0 Å². The third-order valence-electron chi connectivity index (χ3n) is 1.19. The number of carbonyl (C=O) groups excluding carboxylic acids is 2. The molecule has 0 fully saturated rings. The van der Waals surface area contributed by atoms with Gasteiger partial charge >= 0.3 is 11.9 Å². The van der Waals surface area contributed by atoms with Gasteiger partial charge in [-0.05, 0) is 6.92 Å². The summed E-state index contributed by atoms with van der Waals surface area (Å²) in [5.41, 5.74) is 0. The molecule has 0 atom stereocenters. The molecule has 0 bridgehead atoms. The number of hydrogen-bond acceptors (Lipinski definition) is 5. The summed E-state index contributed by atoms with van der Waals surface area (Å²) in [6, 6.07) is 0. The lowest BCUT2D eigenvalue weighted by Gasteiger charge is -2.04.